The molecule has 0 spiro atoms. The molecule has 0 bridgehead atoms. The zero-order valence-electron chi connectivity index (χ0n) is 12.6. The SMILES string of the molecule is C[C@@H](Cc1cccc(F)c1)NCCc1nc2ccccc2[nH]1. The van der Waals surface area contributed by atoms with Crippen LogP contribution in [0.25, 0.3) is 11.0 Å². The van der Waals surface area contributed by atoms with Crippen molar-refractivity contribution in [2.45, 2.75) is 25.8 Å². The summed E-state index contributed by atoms with van der Waals surface area (Å²) in [7, 11) is 0. The number of aromatic nitrogens is 2. The first-order valence-electron chi connectivity index (χ1n) is 7.62. The molecule has 0 saturated heterocycles. The molecule has 1 heterocycles. The third-order valence-corrected chi connectivity index (χ3v) is 3.72. The Balaban J connectivity index is 1.50. The summed E-state index contributed by atoms with van der Waals surface area (Å²) in [5, 5.41) is 3.46. The van der Waals surface area contributed by atoms with Crippen LogP contribution in [0.5, 0.6) is 0 Å². The second-order valence-corrected chi connectivity index (χ2v) is 5.64. The molecule has 3 nitrogen and oxygen atoms in total. The molecule has 22 heavy (non-hydrogen) atoms. The van der Waals surface area contributed by atoms with E-state index in [0.29, 0.717) is 6.04 Å². The van der Waals surface area contributed by atoms with Gasteiger partial charge in [-0.1, -0.05) is 24.3 Å². The van der Waals surface area contributed by atoms with E-state index in [-0.39, 0.29) is 5.82 Å². The van der Waals surface area contributed by atoms with E-state index in [0.717, 1.165) is 41.8 Å². The highest BCUT2D eigenvalue weighted by atomic mass is 19.1. The van der Waals surface area contributed by atoms with Crippen molar-refractivity contribution in [2.24, 2.45) is 0 Å². The summed E-state index contributed by atoms with van der Waals surface area (Å²) in [4.78, 5) is 7.89. The van der Waals surface area contributed by atoms with Crippen LogP contribution < -0.4 is 5.32 Å². The lowest BCUT2D eigenvalue weighted by Crippen LogP contribution is -2.30. The number of benzene rings is 2. The van der Waals surface area contributed by atoms with Crippen molar-refractivity contribution >= 4 is 11.0 Å². The number of aromatic amines is 1. The van der Waals surface area contributed by atoms with Crippen LogP contribution in [-0.4, -0.2) is 22.6 Å². The first kappa shape index (κ1) is 14.7. The molecular weight excluding hydrogens is 277 g/mol. The van der Waals surface area contributed by atoms with E-state index in [1.165, 1.54) is 6.07 Å². The third kappa shape index (κ3) is 3.71. The molecule has 2 N–H and O–H groups in total. The average molecular weight is 297 g/mol. The van der Waals surface area contributed by atoms with Gasteiger partial charge < -0.3 is 10.3 Å². The lowest BCUT2D eigenvalue weighted by atomic mass is 10.1. The molecule has 3 aromatic rings. The highest BCUT2D eigenvalue weighted by Crippen LogP contribution is 2.10. The van der Waals surface area contributed by atoms with Gasteiger partial charge in [-0.05, 0) is 43.2 Å². The van der Waals surface area contributed by atoms with Gasteiger partial charge in [-0.25, -0.2) is 9.37 Å². The lowest BCUT2D eigenvalue weighted by Gasteiger charge is -2.13. The molecule has 0 unspecified atom stereocenters. The van der Waals surface area contributed by atoms with Crippen molar-refractivity contribution in [3.05, 3.63) is 65.7 Å². The van der Waals surface area contributed by atoms with Crippen molar-refractivity contribution in [1.82, 2.24) is 15.3 Å². The zero-order valence-corrected chi connectivity index (χ0v) is 12.6. The lowest BCUT2D eigenvalue weighted by molar-refractivity contribution is 0.542. The average Bonchev–Trinajstić information content (AvgIpc) is 2.90. The van der Waals surface area contributed by atoms with Crippen molar-refractivity contribution < 1.29 is 4.39 Å². The van der Waals surface area contributed by atoms with Crippen LogP contribution in [0.15, 0.2) is 48.5 Å². The van der Waals surface area contributed by atoms with Crippen molar-refractivity contribution in [1.29, 1.82) is 0 Å². The summed E-state index contributed by atoms with van der Waals surface area (Å²) in [5.41, 5.74) is 3.10. The van der Waals surface area contributed by atoms with Crippen molar-refractivity contribution in [3.8, 4) is 0 Å². The van der Waals surface area contributed by atoms with E-state index in [4.69, 9.17) is 0 Å². The maximum atomic E-state index is 13.2. The van der Waals surface area contributed by atoms with Gasteiger partial charge >= 0.3 is 0 Å². The van der Waals surface area contributed by atoms with E-state index >= 15 is 0 Å². The minimum absolute atomic E-state index is 0.174. The number of imidazole rings is 1. The molecule has 0 amide bonds. The van der Waals surface area contributed by atoms with Gasteiger partial charge in [0.1, 0.15) is 11.6 Å². The topological polar surface area (TPSA) is 40.7 Å². The van der Waals surface area contributed by atoms with Crippen molar-refractivity contribution in [2.75, 3.05) is 6.54 Å². The Bertz CT molecular complexity index is 718. The number of para-hydroxylation sites is 2. The fourth-order valence-corrected chi connectivity index (χ4v) is 2.65. The third-order valence-electron chi connectivity index (χ3n) is 3.72. The van der Waals surface area contributed by atoms with Gasteiger partial charge in [0.2, 0.25) is 0 Å². The van der Waals surface area contributed by atoms with E-state index < -0.39 is 0 Å². The number of halogens is 1. The summed E-state index contributed by atoms with van der Waals surface area (Å²) in [6.07, 6.45) is 1.67. The molecule has 1 atom stereocenters. The molecule has 0 fully saturated rings. The van der Waals surface area contributed by atoms with Gasteiger partial charge in [0.25, 0.3) is 0 Å². The molecule has 0 saturated carbocycles. The predicted molar refractivity (Wildman–Crippen MR) is 87.4 cm³/mol. The highest BCUT2D eigenvalue weighted by molar-refractivity contribution is 5.74. The minimum Gasteiger partial charge on any atom is -0.342 e. The molecule has 0 aliphatic rings. The quantitative estimate of drug-likeness (QED) is 0.731. The predicted octanol–water partition coefficient (Wildman–Crippen LogP) is 3.47. The van der Waals surface area contributed by atoms with Gasteiger partial charge in [0, 0.05) is 19.0 Å². The molecule has 3 rings (SSSR count). The van der Waals surface area contributed by atoms with Crippen LogP contribution in [0, 0.1) is 5.82 Å². The fourth-order valence-electron chi connectivity index (χ4n) is 2.65. The van der Waals surface area contributed by atoms with E-state index in [1.54, 1.807) is 12.1 Å². The number of rotatable bonds is 6. The summed E-state index contributed by atoms with van der Waals surface area (Å²) < 4.78 is 13.2. The standard InChI is InChI=1S/C18H20FN3/c1-13(11-14-5-4-6-15(19)12-14)20-10-9-18-21-16-7-2-3-8-17(16)22-18/h2-8,12-13,20H,9-11H2,1H3,(H,21,22)/t13-/m0/s1. The highest BCUT2D eigenvalue weighted by Gasteiger charge is 2.05. The first-order valence-corrected chi connectivity index (χ1v) is 7.62. The molecule has 0 radical (unpaired) electrons. The van der Waals surface area contributed by atoms with Gasteiger partial charge in [-0.2, -0.15) is 0 Å². The number of nitrogens with zero attached hydrogens (tertiary/aromatic N) is 1. The number of fused-ring (bicyclic) bond motifs is 1. The normalized spacial score (nSPS) is 12.6. The summed E-state index contributed by atoms with van der Waals surface area (Å²) in [6.45, 7) is 2.96. The zero-order chi connectivity index (χ0) is 15.4. The Morgan fingerprint density at radius 1 is 1.18 bits per heavy atom. The van der Waals surface area contributed by atoms with Crippen LogP contribution in [0.4, 0.5) is 4.39 Å². The summed E-state index contributed by atoms with van der Waals surface area (Å²) in [6, 6.07) is 15.1. The van der Waals surface area contributed by atoms with Gasteiger partial charge in [0.15, 0.2) is 0 Å². The Morgan fingerprint density at radius 2 is 2.05 bits per heavy atom. The van der Waals surface area contributed by atoms with Gasteiger partial charge in [-0.3, -0.25) is 0 Å². The van der Waals surface area contributed by atoms with Gasteiger partial charge in [-0.15, -0.1) is 0 Å². The summed E-state index contributed by atoms with van der Waals surface area (Å²) >= 11 is 0. The Kier molecular flexibility index (Phi) is 4.49. The maximum absolute atomic E-state index is 13.2. The molecule has 0 aliphatic carbocycles. The van der Waals surface area contributed by atoms with Crippen LogP contribution in [0.3, 0.4) is 0 Å². The van der Waals surface area contributed by atoms with E-state index in [1.807, 2.05) is 30.3 Å². The van der Waals surface area contributed by atoms with E-state index in [9.17, 15) is 4.39 Å². The molecule has 114 valence electrons. The number of nitrogens with one attached hydrogen (secondary N) is 2. The second kappa shape index (κ2) is 6.71. The first-order chi connectivity index (χ1) is 10.7. The number of hydrogen-bond acceptors (Lipinski definition) is 2. The Hall–Kier alpha value is -2.20. The largest absolute Gasteiger partial charge is 0.342 e. The number of H-pyrrole nitrogens is 1. The second-order valence-electron chi connectivity index (χ2n) is 5.64. The van der Waals surface area contributed by atoms with Gasteiger partial charge in [0.05, 0.1) is 11.0 Å². The molecule has 0 aliphatic heterocycles. The maximum Gasteiger partial charge on any atom is 0.123 e. The van der Waals surface area contributed by atoms with Crippen LogP contribution in [-0.2, 0) is 12.8 Å². The van der Waals surface area contributed by atoms with Crippen molar-refractivity contribution in [3.63, 3.8) is 0 Å². The monoisotopic (exact) mass is 297 g/mol. The smallest absolute Gasteiger partial charge is 0.123 e. The molecular formula is C18H20FN3. The Morgan fingerprint density at radius 3 is 2.86 bits per heavy atom. The van der Waals surface area contributed by atoms with Crippen LogP contribution in [0.1, 0.15) is 18.3 Å². The van der Waals surface area contributed by atoms with Crippen LogP contribution >= 0.6 is 0 Å². The number of hydrogen-bond donors (Lipinski definition) is 2. The van der Waals surface area contributed by atoms with Crippen LogP contribution in [0.2, 0.25) is 0 Å². The minimum atomic E-state index is -0.174. The molecule has 2 aromatic carbocycles. The summed E-state index contributed by atoms with van der Waals surface area (Å²) in [5.74, 6) is 0.818. The Labute approximate surface area is 129 Å². The van der Waals surface area contributed by atoms with E-state index in [2.05, 4.69) is 22.2 Å². The molecule has 4 heteroatoms. The fraction of sp³-hybridized carbons (Fsp3) is 0.278. The molecule has 1 aromatic heterocycles.